The van der Waals surface area contributed by atoms with E-state index in [1.165, 1.54) is 89.3 Å². The van der Waals surface area contributed by atoms with Gasteiger partial charge in [-0.1, -0.05) is 397 Å². The van der Waals surface area contributed by atoms with Crippen molar-refractivity contribution in [3.63, 3.8) is 0 Å². The van der Waals surface area contributed by atoms with Crippen molar-refractivity contribution in [1.29, 1.82) is 0 Å². The maximum Gasteiger partial charge on any atom is 0.126 e. The van der Waals surface area contributed by atoms with Gasteiger partial charge in [-0.2, -0.15) is 0 Å². The van der Waals surface area contributed by atoms with Gasteiger partial charge in [-0.05, 0) is 234 Å². The number of aryl methyl sites for hydroxylation is 2. The van der Waals surface area contributed by atoms with Gasteiger partial charge in [-0.25, -0.2) is 4.39 Å². The third kappa shape index (κ3) is 39.4. The zero-order chi connectivity index (χ0) is 93.3. The topological polar surface area (TPSA) is 76.8 Å². The van der Waals surface area contributed by atoms with E-state index in [1.807, 2.05) is 74.1 Å². The first-order valence-electron chi connectivity index (χ1n) is 46.9. The largest absolute Gasteiger partial charge is 0.282 e. The van der Waals surface area contributed by atoms with Crippen molar-refractivity contribution in [3.8, 4) is 0 Å². The van der Waals surface area contributed by atoms with E-state index in [0.717, 1.165) is 33.7 Å². The molecule has 122 heavy (non-hydrogen) atoms. The van der Waals surface area contributed by atoms with E-state index < -0.39 is 0 Å². The van der Waals surface area contributed by atoms with Gasteiger partial charge in [0.15, 0.2) is 0 Å². The van der Waals surface area contributed by atoms with E-state index in [0.29, 0.717) is 113 Å². The first-order valence-corrected chi connectivity index (χ1v) is 47.9. The average molecular weight is 1680 g/mol. The lowest BCUT2D eigenvalue weighted by atomic mass is 9.89. The highest BCUT2D eigenvalue weighted by atomic mass is 32.2. The summed E-state index contributed by atoms with van der Waals surface area (Å²) < 4.78 is 13.5. The van der Waals surface area contributed by atoms with Crippen molar-refractivity contribution in [2.75, 3.05) is 0 Å². The molecule has 0 radical (unpaired) electrons. The number of aliphatic imine (C=N–C) groups is 1. The molecule has 10 rings (SSSR count). The number of rotatable bonds is 20. The fourth-order valence-electron chi connectivity index (χ4n) is 15.2. The summed E-state index contributed by atoms with van der Waals surface area (Å²) in [7, 11) is 0. The summed E-state index contributed by atoms with van der Waals surface area (Å²) >= 11 is 1.90. The summed E-state index contributed by atoms with van der Waals surface area (Å²) in [5.41, 5.74) is 29.1. The smallest absolute Gasteiger partial charge is 0.126 e. The van der Waals surface area contributed by atoms with Gasteiger partial charge in [0, 0.05) is 53.8 Å². The second kappa shape index (κ2) is 58.0. The van der Waals surface area contributed by atoms with E-state index in [4.69, 9.17) is 0 Å². The van der Waals surface area contributed by atoms with E-state index in [9.17, 15) is 4.39 Å². The Morgan fingerprint density at radius 2 is 0.533 bits per heavy atom. The highest BCUT2D eigenvalue weighted by molar-refractivity contribution is 8.12. The molecule has 0 saturated heterocycles. The minimum atomic E-state index is -0.0683. The summed E-state index contributed by atoms with van der Waals surface area (Å²) in [6.45, 7) is 92.8. The average Bonchev–Trinajstić information content (AvgIpc) is 0.896. The fourth-order valence-corrected chi connectivity index (χ4v) is 16.4. The molecule has 8 heteroatoms. The maximum atomic E-state index is 13.5. The van der Waals surface area contributed by atoms with Crippen LogP contribution in [0, 0.1) is 31.5 Å². The highest BCUT2D eigenvalue weighted by Crippen LogP contribution is 2.35. The number of aromatic nitrogens is 5. The Bertz CT molecular complexity index is 3680. The Morgan fingerprint density at radius 1 is 0.246 bits per heavy atom. The Labute approximate surface area is 755 Å². The van der Waals surface area contributed by atoms with Crippen molar-refractivity contribution < 1.29 is 4.39 Å². The third-order valence-electron chi connectivity index (χ3n) is 21.9. The quantitative estimate of drug-likeness (QED) is 0.0757. The molecular weight excluding hydrogens is 1500 g/mol. The molecule has 9 aromatic rings. The molecule has 5 heterocycles. The summed E-state index contributed by atoms with van der Waals surface area (Å²) in [4.78, 5) is 26.1. The number of nitrogens with zero attached hydrogens (tertiary/aromatic N) is 6. The number of hydrogen-bond acceptors (Lipinski definition) is 7. The second-order valence-corrected chi connectivity index (χ2v) is 40.7. The van der Waals surface area contributed by atoms with Gasteiger partial charge >= 0.3 is 0 Å². The normalized spacial score (nSPS) is 13.0. The van der Waals surface area contributed by atoms with Crippen LogP contribution in [0.3, 0.4) is 0 Å². The van der Waals surface area contributed by atoms with Gasteiger partial charge in [0.05, 0.1) is 23.0 Å². The van der Waals surface area contributed by atoms with Gasteiger partial charge in [-0.15, -0.1) is 11.8 Å². The van der Waals surface area contributed by atoms with Crippen molar-refractivity contribution in [2.45, 2.75) is 409 Å². The van der Waals surface area contributed by atoms with Gasteiger partial charge in [0.2, 0.25) is 0 Å². The SMILES string of the molecule is CC(C)C1N=CSC1C(C)C.CC(C)c1cccc(F)c1C(C)C.CC(C)c1ccccc1C(C)C.CC(C)c1ccccc1C(C)C.CC(C)c1cccnc1C(C)C.CC(C)c1cccnc1C(C)C.CC(C)c1ccncc1C(C)C.CC(C)c1nccnc1C(C)C.Cc1ccc(C(C)C)c(C(C)C)c1.Cc1ccc(C(C)C)c(C(C)C)c1. The van der Waals surface area contributed by atoms with Gasteiger partial charge in [0.25, 0.3) is 0 Å². The Morgan fingerprint density at radius 3 is 0.787 bits per heavy atom. The molecule has 2 unspecified atom stereocenters. The molecule has 676 valence electrons. The standard InChI is InChI=1S/2C13H20.C12H17F.2C12H18.3C11H17N.C10H16N2.C9H17NS/c2*1-9(2)12-7-6-11(5)8-13(12)10(3)4;1-8(2)10-6-5-7-11(13)12(10)9(3)4;2*1-9(2)11-7-5-6-8-12(11)10(3)4;1-8(2)10-5-6-12-7-11(10)9(3)4;2*1-8(2)10-6-5-7-12-11(10)9(3)4;1-7(2)9-10(8(3)4)12-6-5-11-9;1-6(2)8-9(7(3)4)11-5-10-8/h2*6-10H,1-5H3;5-9H,1-4H3;2*5-10H,1-4H3;3*5-9H,1-4H3;5-8H,1-4H3;5-9H,1-4H3. The molecule has 2 atom stereocenters. The summed E-state index contributed by atoms with van der Waals surface area (Å²) in [6, 6.07) is 47.5. The molecule has 1 aliphatic rings. The van der Waals surface area contributed by atoms with Crippen molar-refractivity contribution in [3.05, 3.63) is 288 Å². The van der Waals surface area contributed by atoms with Crippen LogP contribution in [0.15, 0.2) is 176 Å². The zero-order valence-corrected chi connectivity index (χ0v) is 86.2. The molecule has 0 bridgehead atoms. The molecular formula is C114H177FN6S. The number of halogens is 1. The number of pyridine rings is 3. The molecule has 0 saturated carbocycles. The highest BCUT2D eigenvalue weighted by Gasteiger charge is 2.30. The number of benzene rings is 5. The number of hydrogen-bond donors (Lipinski definition) is 0. The molecule has 0 amide bonds. The lowest BCUT2D eigenvalue weighted by Gasteiger charge is -2.23. The monoisotopic (exact) mass is 1680 g/mol. The lowest BCUT2D eigenvalue weighted by Crippen LogP contribution is -2.27. The lowest BCUT2D eigenvalue weighted by molar-refractivity contribution is 0.429. The van der Waals surface area contributed by atoms with E-state index in [-0.39, 0.29) is 11.7 Å². The van der Waals surface area contributed by atoms with Gasteiger partial charge < -0.3 is 0 Å². The summed E-state index contributed by atoms with van der Waals surface area (Å²) in [5, 5.41) is 0.718. The van der Waals surface area contributed by atoms with Crippen molar-refractivity contribution in [1.82, 2.24) is 24.9 Å². The molecule has 0 fully saturated rings. The Kier molecular flexibility index (Phi) is 53.5. The molecule has 4 aromatic heterocycles. The molecule has 0 spiro atoms. The minimum absolute atomic E-state index is 0.0683. The predicted molar refractivity (Wildman–Crippen MR) is 543 cm³/mol. The van der Waals surface area contributed by atoms with Crippen LogP contribution in [0.2, 0.25) is 0 Å². The van der Waals surface area contributed by atoms with E-state index in [1.54, 1.807) is 24.5 Å². The Balaban J connectivity index is 0.000000678. The molecule has 0 aliphatic carbocycles. The van der Waals surface area contributed by atoms with Crippen LogP contribution in [-0.4, -0.2) is 41.8 Å². The van der Waals surface area contributed by atoms with Gasteiger partial charge in [0.1, 0.15) is 5.82 Å². The van der Waals surface area contributed by atoms with E-state index in [2.05, 4.69) is 410 Å². The van der Waals surface area contributed by atoms with Gasteiger partial charge in [-0.3, -0.25) is 29.9 Å². The first-order chi connectivity index (χ1) is 57.0. The molecule has 0 N–H and O–H groups in total. The summed E-state index contributed by atoms with van der Waals surface area (Å²) in [5.74, 6) is 11.5. The number of thioether (sulfide) groups is 1. The zero-order valence-electron chi connectivity index (χ0n) is 85.4. The molecule has 5 aromatic carbocycles. The van der Waals surface area contributed by atoms with Crippen LogP contribution in [0.25, 0.3) is 0 Å². The van der Waals surface area contributed by atoms with E-state index >= 15 is 0 Å². The maximum absolute atomic E-state index is 13.5. The van der Waals surface area contributed by atoms with Crippen LogP contribution in [0.5, 0.6) is 0 Å². The van der Waals surface area contributed by atoms with Crippen LogP contribution >= 0.6 is 11.8 Å². The van der Waals surface area contributed by atoms with Crippen LogP contribution in [0.1, 0.15) is 495 Å². The van der Waals surface area contributed by atoms with Crippen LogP contribution < -0.4 is 0 Å². The van der Waals surface area contributed by atoms with Crippen molar-refractivity contribution >= 4 is 17.3 Å². The third-order valence-corrected chi connectivity index (χ3v) is 23.3. The Hall–Kier alpha value is -7.42. The predicted octanol–water partition coefficient (Wildman–Crippen LogP) is 35.9. The van der Waals surface area contributed by atoms with Crippen LogP contribution in [0.4, 0.5) is 4.39 Å². The molecule has 1 aliphatic heterocycles. The van der Waals surface area contributed by atoms with Crippen molar-refractivity contribution in [2.24, 2.45) is 16.8 Å². The summed E-state index contributed by atoms with van der Waals surface area (Å²) in [6.07, 6.45) is 11.1. The fraction of sp³-hybridized carbons (Fsp3) is 0.561. The second-order valence-electron chi connectivity index (χ2n) is 39.7. The minimum Gasteiger partial charge on any atom is -0.282 e. The van der Waals surface area contributed by atoms with Crippen LogP contribution in [-0.2, 0) is 0 Å². The molecule has 6 nitrogen and oxygen atoms in total. The first kappa shape index (κ1) is 113.